The number of nitrogens with one attached hydrogen (secondary N) is 1. The number of rotatable bonds is 8. The molecule has 0 saturated heterocycles. The summed E-state index contributed by atoms with van der Waals surface area (Å²) in [7, 11) is 0. The van der Waals surface area contributed by atoms with Crippen molar-refractivity contribution in [1.29, 1.82) is 0 Å². The van der Waals surface area contributed by atoms with E-state index in [-0.39, 0.29) is 0 Å². The van der Waals surface area contributed by atoms with Crippen LogP contribution in [0.15, 0.2) is 24.3 Å². The topological polar surface area (TPSA) is 12.0 Å². The fourth-order valence-electron chi connectivity index (χ4n) is 2.67. The van der Waals surface area contributed by atoms with Gasteiger partial charge in [-0.1, -0.05) is 57.9 Å². The Bertz CT molecular complexity index is 362. The minimum absolute atomic E-state index is 0.634. The van der Waals surface area contributed by atoms with Gasteiger partial charge in [-0.25, -0.2) is 0 Å². The molecule has 106 valence electrons. The van der Waals surface area contributed by atoms with Gasteiger partial charge in [-0.05, 0) is 48.8 Å². The third-order valence-corrected chi connectivity index (χ3v) is 4.13. The van der Waals surface area contributed by atoms with Crippen LogP contribution in [0.2, 0.25) is 0 Å². The van der Waals surface area contributed by atoms with E-state index in [1.807, 2.05) is 0 Å². The molecule has 0 radical (unpaired) electrons. The summed E-state index contributed by atoms with van der Waals surface area (Å²) in [5, 5.41) is 3.73. The van der Waals surface area contributed by atoms with E-state index in [1.165, 1.54) is 43.2 Å². The largest absolute Gasteiger partial charge is 0.314 e. The van der Waals surface area contributed by atoms with Gasteiger partial charge in [-0.2, -0.15) is 0 Å². The van der Waals surface area contributed by atoms with Crippen molar-refractivity contribution < 1.29 is 0 Å². The average molecular weight is 259 g/mol. The second kappa shape index (κ2) is 7.09. The molecule has 1 saturated carbocycles. The maximum Gasteiger partial charge on any atom is 0.0110 e. The van der Waals surface area contributed by atoms with Gasteiger partial charge in [0.05, 0.1) is 0 Å². The average Bonchev–Trinajstić information content (AvgIpc) is 3.20. The van der Waals surface area contributed by atoms with Gasteiger partial charge in [0.15, 0.2) is 0 Å². The maximum absolute atomic E-state index is 3.73. The first-order chi connectivity index (χ1) is 9.19. The molecular weight excluding hydrogens is 230 g/mol. The first kappa shape index (κ1) is 14.6. The molecule has 0 spiro atoms. The lowest BCUT2D eigenvalue weighted by Gasteiger charge is -2.19. The lowest BCUT2D eigenvalue weighted by Crippen LogP contribution is -2.32. The van der Waals surface area contributed by atoms with Gasteiger partial charge in [0.1, 0.15) is 0 Å². The minimum Gasteiger partial charge on any atom is -0.314 e. The zero-order valence-electron chi connectivity index (χ0n) is 12.8. The number of benzene rings is 1. The van der Waals surface area contributed by atoms with E-state index in [0.717, 1.165) is 12.5 Å². The Hall–Kier alpha value is -0.820. The molecule has 1 fully saturated rings. The molecule has 1 aromatic carbocycles. The second-order valence-corrected chi connectivity index (χ2v) is 6.43. The fraction of sp³-hybridized carbons (Fsp3) is 0.667. The molecule has 2 rings (SSSR count). The summed E-state index contributed by atoms with van der Waals surface area (Å²) in [5.74, 6) is 1.64. The first-order valence-electron chi connectivity index (χ1n) is 8.01. The molecule has 1 aliphatic carbocycles. The van der Waals surface area contributed by atoms with Crippen LogP contribution in [-0.4, -0.2) is 12.6 Å². The summed E-state index contributed by atoms with van der Waals surface area (Å²) in [4.78, 5) is 0. The van der Waals surface area contributed by atoms with Crippen molar-refractivity contribution in [2.24, 2.45) is 5.92 Å². The van der Waals surface area contributed by atoms with Crippen LogP contribution >= 0.6 is 0 Å². The van der Waals surface area contributed by atoms with E-state index >= 15 is 0 Å². The van der Waals surface area contributed by atoms with Crippen LogP contribution in [0.1, 0.15) is 63.5 Å². The molecular formula is C18H29N. The summed E-state index contributed by atoms with van der Waals surface area (Å²) in [6, 6.07) is 9.92. The smallest absolute Gasteiger partial charge is 0.0110 e. The minimum atomic E-state index is 0.634. The number of hydrogen-bond acceptors (Lipinski definition) is 1. The van der Waals surface area contributed by atoms with Crippen LogP contribution in [-0.2, 0) is 6.42 Å². The molecule has 1 aromatic rings. The van der Waals surface area contributed by atoms with Gasteiger partial charge < -0.3 is 5.32 Å². The van der Waals surface area contributed by atoms with Gasteiger partial charge in [0.25, 0.3) is 0 Å². The highest BCUT2D eigenvalue weighted by Crippen LogP contribution is 2.34. The summed E-state index contributed by atoms with van der Waals surface area (Å²) in [6.45, 7) is 7.92. The Morgan fingerprint density at radius 2 is 1.84 bits per heavy atom. The van der Waals surface area contributed by atoms with Gasteiger partial charge in [0.2, 0.25) is 0 Å². The predicted molar refractivity (Wildman–Crippen MR) is 83.7 cm³/mol. The molecule has 0 heterocycles. The monoisotopic (exact) mass is 259 g/mol. The van der Waals surface area contributed by atoms with Crippen molar-refractivity contribution >= 4 is 0 Å². The summed E-state index contributed by atoms with van der Waals surface area (Å²) >= 11 is 0. The Labute approximate surface area is 118 Å². The zero-order chi connectivity index (χ0) is 13.7. The highest BCUT2D eigenvalue weighted by Gasteiger charge is 2.25. The van der Waals surface area contributed by atoms with Crippen LogP contribution in [0.3, 0.4) is 0 Å². The van der Waals surface area contributed by atoms with Crippen LogP contribution in [0.5, 0.6) is 0 Å². The predicted octanol–water partition coefficient (Wildman–Crippen LogP) is 4.52. The second-order valence-electron chi connectivity index (χ2n) is 6.43. The Morgan fingerprint density at radius 3 is 2.37 bits per heavy atom. The maximum atomic E-state index is 3.73. The van der Waals surface area contributed by atoms with Crippen molar-refractivity contribution in [3.05, 3.63) is 35.4 Å². The SMILES string of the molecule is CCCNC(Cc1ccc(C(C)C)cc1)CC1CC1. The van der Waals surface area contributed by atoms with E-state index in [1.54, 1.807) is 0 Å². The Kier molecular flexibility index (Phi) is 5.45. The van der Waals surface area contributed by atoms with Crippen LogP contribution in [0, 0.1) is 5.92 Å². The van der Waals surface area contributed by atoms with E-state index < -0.39 is 0 Å². The van der Waals surface area contributed by atoms with Crippen molar-refractivity contribution in [2.75, 3.05) is 6.54 Å². The molecule has 0 amide bonds. The number of hydrogen-bond donors (Lipinski definition) is 1. The van der Waals surface area contributed by atoms with E-state index in [4.69, 9.17) is 0 Å². The third-order valence-electron chi connectivity index (χ3n) is 4.13. The third kappa shape index (κ3) is 4.99. The molecule has 1 N–H and O–H groups in total. The van der Waals surface area contributed by atoms with E-state index in [9.17, 15) is 0 Å². The van der Waals surface area contributed by atoms with Crippen LogP contribution < -0.4 is 5.32 Å². The van der Waals surface area contributed by atoms with Crippen molar-refractivity contribution in [3.8, 4) is 0 Å². The lowest BCUT2D eigenvalue weighted by atomic mass is 9.97. The Morgan fingerprint density at radius 1 is 1.16 bits per heavy atom. The highest BCUT2D eigenvalue weighted by molar-refractivity contribution is 5.25. The first-order valence-corrected chi connectivity index (χ1v) is 8.01. The molecule has 0 aliphatic heterocycles. The van der Waals surface area contributed by atoms with Crippen molar-refractivity contribution in [3.63, 3.8) is 0 Å². The molecule has 1 nitrogen and oxygen atoms in total. The Balaban J connectivity index is 1.90. The van der Waals surface area contributed by atoms with E-state index in [0.29, 0.717) is 12.0 Å². The van der Waals surface area contributed by atoms with Gasteiger partial charge >= 0.3 is 0 Å². The van der Waals surface area contributed by atoms with Crippen molar-refractivity contribution in [2.45, 2.75) is 64.8 Å². The molecule has 0 aromatic heterocycles. The zero-order valence-corrected chi connectivity index (χ0v) is 12.8. The van der Waals surface area contributed by atoms with Crippen LogP contribution in [0.25, 0.3) is 0 Å². The molecule has 1 aliphatic rings. The summed E-state index contributed by atoms with van der Waals surface area (Å²) in [5.41, 5.74) is 2.93. The molecule has 1 heteroatoms. The molecule has 1 atom stereocenters. The summed E-state index contributed by atoms with van der Waals surface area (Å²) in [6.07, 6.45) is 6.70. The standard InChI is InChI=1S/C18H29N/c1-4-11-19-18(12-15-5-6-15)13-16-7-9-17(10-8-16)14(2)3/h7-10,14-15,18-19H,4-6,11-13H2,1-3H3. The van der Waals surface area contributed by atoms with Crippen molar-refractivity contribution in [1.82, 2.24) is 5.32 Å². The van der Waals surface area contributed by atoms with E-state index in [2.05, 4.69) is 50.4 Å². The molecule has 19 heavy (non-hydrogen) atoms. The quantitative estimate of drug-likeness (QED) is 0.723. The summed E-state index contributed by atoms with van der Waals surface area (Å²) < 4.78 is 0. The highest BCUT2D eigenvalue weighted by atomic mass is 14.9. The van der Waals surface area contributed by atoms with Gasteiger partial charge in [0, 0.05) is 6.04 Å². The van der Waals surface area contributed by atoms with Gasteiger partial charge in [-0.3, -0.25) is 0 Å². The van der Waals surface area contributed by atoms with Gasteiger partial charge in [-0.15, -0.1) is 0 Å². The molecule has 0 bridgehead atoms. The lowest BCUT2D eigenvalue weighted by molar-refractivity contribution is 0.455. The van der Waals surface area contributed by atoms with Crippen LogP contribution in [0.4, 0.5) is 0 Å². The molecule has 1 unspecified atom stereocenters. The fourth-order valence-corrected chi connectivity index (χ4v) is 2.67. The normalized spacial score (nSPS) is 16.8.